The van der Waals surface area contributed by atoms with Gasteiger partial charge in [0.2, 0.25) is 0 Å². The van der Waals surface area contributed by atoms with Crippen molar-refractivity contribution in [2.45, 2.75) is 40.0 Å². The molecule has 3 rings (SSSR count). The Balaban J connectivity index is 2.05. The largest absolute Gasteiger partial charge is 0.269 e. The van der Waals surface area contributed by atoms with Gasteiger partial charge in [0.1, 0.15) is 5.82 Å². The highest BCUT2D eigenvalue weighted by molar-refractivity contribution is 6.33. The predicted octanol–water partition coefficient (Wildman–Crippen LogP) is 3.34. The number of aryl methyl sites for hydroxylation is 2. The Bertz CT molecular complexity index is 694. The second-order valence-corrected chi connectivity index (χ2v) is 6.35. The quantitative estimate of drug-likeness (QED) is 0.748. The molecule has 1 atom stereocenters. The maximum absolute atomic E-state index is 12.6. The van der Waals surface area contributed by atoms with Gasteiger partial charge >= 0.3 is 0 Å². The van der Waals surface area contributed by atoms with Crippen LogP contribution in [0.2, 0.25) is 5.02 Å². The number of nitrogens with zero attached hydrogens (tertiary/aromatic N) is 2. The molecule has 21 heavy (non-hydrogen) atoms. The van der Waals surface area contributed by atoms with Crippen LogP contribution in [0.25, 0.3) is 0 Å². The lowest BCUT2D eigenvalue weighted by molar-refractivity contribution is -0.120. The van der Waals surface area contributed by atoms with Crippen LogP contribution in [0.5, 0.6) is 0 Å². The summed E-state index contributed by atoms with van der Waals surface area (Å²) in [7, 11) is 0. The molecule has 2 heterocycles. The molecule has 110 valence electrons. The van der Waals surface area contributed by atoms with Gasteiger partial charge in [0.05, 0.1) is 10.7 Å². The first kappa shape index (κ1) is 14.3. The van der Waals surface area contributed by atoms with E-state index in [2.05, 4.69) is 11.9 Å². The molecule has 0 saturated carbocycles. The predicted molar refractivity (Wildman–Crippen MR) is 81.3 cm³/mol. The van der Waals surface area contributed by atoms with Gasteiger partial charge in [0.15, 0.2) is 0 Å². The first-order valence-corrected chi connectivity index (χ1v) is 7.52. The monoisotopic (exact) mass is 304 g/mol. The second-order valence-electron chi connectivity index (χ2n) is 5.95. The lowest BCUT2D eigenvalue weighted by atomic mass is 9.86. The van der Waals surface area contributed by atoms with Gasteiger partial charge in [-0.15, -0.1) is 0 Å². The molecule has 1 aromatic heterocycles. The molecule has 0 bridgehead atoms. The Morgan fingerprint density at radius 1 is 1.24 bits per heavy atom. The van der Waals surface area contributed by atoms with Gasteiger partial charge in [-0.2, -0.15) is 0 Å². The van der Waals surface area contributed by atoms with Crippen LogP contribution in [0.3, 0.4) is 0 Å². The SMILES string of the molecule is Cc1cc(Cl)c(C)nc1N1C(=O)C2=C(CC(C)CC2)C1=O. The number of rotatable bonds is 1. The van der Waals surface area contributed by atoms with Gasteiger partial charge in [-0.1, -0.05) is 18.5 Å². The number of halogens is 1. The van der Waals surface area contributed by atoms with Gasteiger partial charge in [-0.25, -0.2) is 9.88 Å². The number of imide groups is 1. The lowest BCUT2D eigenvalue weighted by Crippen LogP contribution is -2.33. The maximum atomic E-state index is 12.6. The summed E-state index contributed by atoms with van der Waals surface area (Å²) < 4.78 is 0. The molecule has 1 aliphatic carbocycles. The summed E-state index contributed by atoms with van der Waals surface area (Å²) in [5.74, 6) is 0.438. The Morgan fingerprint density at radius 2 is 1.90 bits per heavy atom. The summed E-state index contributed by atoms with van der Waals surface area (Å²) >= 11 is 6.05. The molecule has 1 aliphatic heterocycles. The first-order valence-electron chi connectivity index (χ1n) is 7.14. The lowest BCUT2D eigenvalue weighted by Gasteiger charge is -2.17. The van der Waals surface area contributed by atoms with Gasteiger partial charge in [0.25, 0.3) is 11.8 Å². The van der Waals surface area contributed by atoms with Crippen molar-refractivity contribution in [3.63, 3.8) is 0 Å². The minimum atomic E-state index is -0.209. The number of carbonyl (C=O) groups is 2. The molecular formula is C16H17ClN2O2. The molecule has 0 saturated heterocycles. The molecule has 0 N–H and O–H groups in total. The summed E-state index contributed by atoms with van der Waals surface area (Å²) in [6.07, 6.45) is 2.32. The fourth-order valence-corrected chi connectivity index (χ4v) is 3.21. The van der Waals surface area contributed by atoms with Crippen LogP contribution in [0.4, 0.5) is 5.82 Å². The van der Waals surface area contributed by atoms with Crippen LogP contribution in [0.1, 0.15) is 37.4 Å². The second kappa shape index (κ2) is 4.95. The van der Waals surface area contributed by atoms with Crippen molar-refractivity contribution in [2.24, 2.45) is 5.92 Å². The smallest absolute Gasteiger partial charge is 0.262 e. The standard InChI is InChI=1S/C16H17ClN2O2/c1-8-4-5-11-12(6-8)16(21)19(15(11)20)14-9(2)7-13(17)10(3)18-14/h7-8H,4-6H2,1-3H3. The highest BCUT2D eigenvalue weighted by Crippen LogP contribution is 2.38. The Hall–Kier alpha value is -1.68. The third kappa shape index (κ3) is 2.18. The van der Waals surface area contributed by atoms with Crippen LogP contribution in [0.15, 0.2) is 17.2 Å². The molecule has 5 heteroatoms. The van der Waals surface area contributed by atoms with Crippen molar-refractivity contribution in [3.05, 3.63) is 33.5 Å². The van der Waals surface area contributed by atoms with E-state index in [1.807, 2.05) is 6.92 Å². The Labute approximate surface area is 128 Å². The van der Waals surface area contributed by atoms with Crippen molar-refractivity contribution in [2.75, 3.05) is 4.90 Å². The fraction of sp³-hybridized carbons (Fsp3) is 0.438. The molecule has 0 aromatic carbocycles. The summed E-state index contributed by atoms with van der Waals surface area (Å²) in [5, 5.41) is 0.543. The Kier molecular flexibility index (Phi) is 3.36. The molecule has 2 amide bonds. The first-order chi connectivity index (χ1) is 9.90. The number of pyridine rings is 1. The average Bonchev–Trinajstić information content (AvgIpc) is 2.66. The van der Waals surface area contributed by atoms with Gasteiger partial charge in [0, 0.05) is 11.1 Å². The van der Waals surface area contributed by atoms with Crippen LogP contribution < -0.4 is 4.90 Å². The molecular weight excluding hydrogens is 288 g/mol. The zero-order chi connectivity index (χ0) is 15.3. The topological polar surface area (TPSA) is 50.3 Å². The number of hydrogen-bond acceptors (Lipinski definition) is 3. The van der Waals surface area contributed by atoms with E-state index in [1.165, 1.54) is 4.90 Å². The number of aromatic nitrogens is 1. The van der Waals surface area contributed by atoms with Gasteiger partial charge in [-0.3, -0.25) is 9.59 Å². The van der Waals surface area contributed by atoms with E-state index in [9.17, 15) is 9.59 Å². The summed E-state index contributed by atoms with van der Waals surface area (Å²) in [4.78, 5) is 30.8. The minimum absolute atomic E-state index is 0.209. The summed E-state index contributed by atoms with van der Waals surface area (Å²) in [5.41, 5.74) is 2.70. The molecule has 1 unspecified atom stereocenters. The molecule has 0 fully saturated rings. The molecule has 0 spiro atoms. The number of hydrogen-bond donors (Lipinski definition) is 0. The van der Waals surface area contributed by atoms with Crippen molar-refractivity contribution >= 4 is 29.2 Å². The highest BCUT2D eigenvalue weighted by Gasteiger charge is 2.42. The van der Waals surface area contributed by atoms with Crippen molar-refractivity contribution in [1.29, 1.82) is 0 Å². The molecule has 4 nitrogen and oxygen atoms in total. The average molecular weight is 305 g/mol. The highest BCUT2D eigenvalue weighted by atomic mass is 35.5. The van der Waals surface area contributed by atoms with E-state index in [0.717, 1.165) is 12.0 Å². The number of anilines is 1. The van der Waals surface area contributed by atoms with Gasteiger partial charge in [-0.05, 0) is 50.7 Å². The van der Waals surface area contributed by atoms with Crippen molar-refractivity contribution in [1.82, 2.24) is 4.98 Å². The molecule has 2 aliphatic rings. The normalized spacial score (nSPS) is 22.1. The zero-order valence-corrected chi connectivity index (χ0v) is 13.1. The van der Waals surface area contributed by atoms with Crippen LogP contribution >= 0.6 is 11.6 Å². The van der Waals surface area contributed by atoms with Crippen LogP contribution in [0, 0.1) is 19.8 Å². The number of amides is 2. The van der Waals surface area contributed by atoms with E-state index in [4.69, 9.17) is 11.6 Å². The fourth-order valence-electron chi connectivity index (χ4n) is 3.01. The third-order valence-corrected chi connectivity index (χ3v) is 4.64. The number of carbonyl (C=O) groups excluding carboxylic acids is 2. The maximum Gasteiger partial charge on any atom is 0.262 e. The van der Waals surface area contributed by atoms with E-state index >= 15 is 0 Å². The van der Waals surface area contributed by atoms with Crippen LogP contribution in [-0.2, 0) is 9.59 Å². The van der Waals surface area contributed by atoms with Crippen molar-refractivity contribution in [3.8, 4) is 0 Å². The van der Waals surface area contributed by atoms with E-state index in [-0.39, 0.29) is 11.8 Å². The van der Waals surface area contributed by atoms with Gasteiger partial charge < -0.3 is 0 Å². The summed E-state index contributed by atoms with van der Waals surface area (Å²) in [6, 6.07) is 1.75. The van der Waals surface area contributed by atoms with E-state index in [1.54, 1.807) is 13.0 Å². The molecule has 0 radical (unpaired) electrons. The molecule has 1 aromatic rings. The Morgan fingerprint density at radius 3 is 2.62 bits per heavy atom. The third-order valence-electron chi connectivity index (χ3n) is 4.25. The van der Waals surface area contributed by atoms with E-state index < -0.39 is 0 Å². The van der Waals surface area contributed by atoms with E-state index in [0.29, 0.717) is 46.4 Å². The van der Waals surface area contributed by atoms with Crippen LogP contribution in [-0.4, -0.2) is 16.8 Å². The minimum Gasteiger partial charge on any atom is -0.269 e. The zero-order valence-electron chi connectivity index (χ0n) is 12.4. The summed E-state index contributed by atoms with van der Waals surface area (Å²) in [6.45, 7) is 5.69. The van der Waals surface area contributed by atoms with Crippen molar-refractivity contribution < 1.29 is 9.59 Å².